The summed E-state index contributed by atoms with van der Waals surface area (Å²) in [6.07, 6.45) is 1.46. The Morgan fingerprint density at radius 1 is 1.12 bits per heavy atom. The van der Waals surface area contributed by atoms with Crippen molar-refractivity contribution in [1.29, 1.82) is 0 Å². The minimum Gasteiger partial charge on any atom is -0.431 e. The Hall–Kier alpha value is -2.53. The standard InChI is InChI=1S/C20H17NO3S/c1-2-12-7-8-13(11-14(12)19-16(22)9-10-17(19)23)24-20-21-15-5-3-4-6-18(15)25-20/h3-8,11,19H,2,9-10H2,1H3. The van der Waals surface area contributed by atoms with Gasteiger partial charge in [-0.15, -0.1) is 0 Å². The smallest absolute Gasteiger partial charge is 0.279 e. The third-order valence-corrected chi connectivity index (χ3v) is 5.46. The van der Waals surface area contributed by atoms with Crippen LogP contribution in [0.3, 0.4) is 0 Å². The second kappa shape index (κ2) is 6.41. The molecule has 1 aliphatic rings. The molecule has 1 aromatic heterocycles. The third-order valence-electron chi connectivity index (χ3n) is 4.55. The molecule has 4 rings (SSSR count). The van der Waals surface area contributed by atoms with E-state index < -0.39 is 5.92 Å². The van der Waals surface area contributed by atoms with Gasteiger partial charge in [0.15, 0.2) is 0 Å². The van der Waals surface area contributed by atoms with Gasteiger partial charge in [0, 0.05) is 12.8 Å². The second-order valence-electron chi connectivity index (χ2n) is 6.13. The first kappa shape index (κ1) is 16.0. The lowest BCUT2D eigenvalue weighted by atomic mass is 9.90. The zero-order valence-corrected chi connectivity index (χ0v) is 14.6. The Morgan fingerprint density at radius 3 is 2.60 bits per heavy atom. The van der Waals surface area contributed by atoms with E-state index in [1.807, 2.05) is 49.4 Å². The number of hydrogen-bond donors (Lipinski definition) is 0. The number of ether oxygens (including phenoxy) is 1. The van der Waals surface area contributed by atoms with E-state index in [0.29, 0.717) is 23.8 Å². The molecule has 0 unspecified atom stereocenters. The molecule has 1 aliphatic carbocycles. The molecule has 0 saturated heterocycles. The van der Waals surface area contributed by atoms with Crippen molar-refractivity contribution < 1.29 is 14.3 Å². The molecule has 0 bridgehead atoms. The molecule has 0 spiro atoms. The molecule has 126 valence electrons. The molecule has 0 radical (unpaired) electrons. The number of aryl methyl sites for hydroxylation is 1. The molecule has 1 heterocycles. The summed E-state index contributed by atoms with van der Waals surface area (Å²) in [7, 11) is 0. The van der Waals surface area contributed by atoms with Gasteiger partial charge in [-0.25, -0.2) is 4.98 Å². The van der Waals surface area contributed by atoms with Gasteiger partial charge in [-0.2, -0.15) is 0 Å². The maximum Gasteiger partial charge on any atom is 0.279 e. The van der Waals surface area contributed by atoms with E-state index in [-0.39, 0.29) is 11.6 Å². The first-order valence-electron chi connectivity index (χ1n) is 8.37. The van der Waals surface area contributed by atoms with Gasteiger partial charge in [-0.1, -0.05) is 36.5 Å². The number of aromatic nitrogens is 1. The fourth-order valence-electron chi connectivity index (χ4n) is 3.28. The topological polar surface area (TPSA) is 56.3 Å². The molecule has 0 atom stereocenters. The summed E-state index contributed by atoms with van der Waals surface area (Å²) in [5.74, 6) is 0.00120. The number of carbonyl (C=O) groups excluding carboxylic acids is 2. The number of fused-ring (bicyclic) bond motifs is 1. The van der Waals surface area contributed by atoms with Gasteiger partial charge in [-0.3, -0.25) is 9.59 Å². The zero-order chi connectivity index (χ0) is 17.4. The van der Waals surface area contributed by atoms with Gasteiger partial charge < -0.3 is 4.74 Å². The Morgan fingerprint density at radius 2 is 1.88 bits per heavy atom. The number of thiazole rings is 1. The lowest BCUT2D eigenvalue weighted by Gasteiger charge is -2.14. The summed E-state index contributed by atoms with van der Waals surface area (Å²) >= 11 is 1.47. The summed E-state index contributed by atoms with van der Waals surface area (Å²) < 4.78 is 6.98. The zero-order valence-electron chi connectivity index (χ0n) is 13.8. The summed E-state index contributed by atoms with van der Waals surface area (Å²) in [6.45, 7) is 2.02. The van der Waals surface area contributed by atoms with Crippen molar-refractivity contribution in [3.63, 3.8) is 0 Å². The van der Waals surface area contributed by atoms with Crippen molar-refractivity contribution in [3.8, 4) is 10.9 Å². The van der Waals surface area contributed by atoms with E-state index in [2.05, 4.69) is 4.98 Å². The van der Waals surface area contributed by atoms with Crippen LogP contribution in [0.1, 0.15) is 36.8 Å². The quantitative estimate of drug-likeness (QED) is 0.641. The first-order valence-corrected chi connectivity index (χ1v) is 9.19. The van der Waals surface area contributed by atoms with Gasteiger partial charge in [0.05, 0.1) is 10.2 Å². The monoisotopic (exact) mass is 351 g/mol. The van der Waals surface area contributed by atoms with Gasteiger partial charge in [0.2, 0.25) is 0 Å². The van der Waals surface area contributed by atoms with Crippen molar-refractivity contribution in [2.45, 2.75) is 32.1 Å². The number of ketones is 2. The van der Waals surface area contributed by atoms with Crippen LogP contribution in [0.5, 0.6) is 10.9 Å². The van der Waals surface area contributed by atoms with Gasteiger partial charge in [0.1, 0.15) is 23.2 Å². The highest BCUT2D eigenvalue weighted by atomic mass is 32.1. The minimum atomic E-state index is -0.631. The maximum absolute atomic E-state index is 12.2. The maximum atomic E-state index is 12.2. The molecule has 0 N–H and O–H groups in total. The molecule has 5 heteroatoms. The molecule has 0 amide bonds. The van der Waals surface area contributed by atoms with Gasteiger partial charge in [0.25, 0.3) is 5.19 Å². The summed E-state index contributed by atoms with van der Waals surface area (Å²) in [4.78, 5) is 28.8. The highest BCUT2D eigenvalue weighted by Crippen LogP contribution is 2.36. The van der Waals surface area contributed by atoms with E-state index in [9.17, 15) is 9.59 Å². The highest BCUT2D eigenvalue weighted by molar-refractivity contribution is 7.20. The molecule has 4 nitrogen and oxygen atoms in total. The van der Waals surface area contributed by atoms with Crippen LogP contribution in [-0.4, -0.2) is 16.6 Å². The molecule has 3 aromatic rings. The van der Waals surface area contributed by atoms with Crippen molar-refractivity contribution in [1.82, 2.24) is 4.98 Å². The number of Topliss-reactive ketones (excluding diaryl/α,β-unsaturated/α-hetero) is 2. The van der Waals surface area contributed by atoms with E-state index in [0.717, 1.165) is 27.8 Å². The number of rotatable bonds is 4. The van der Waals surface area contributed by atoms with Crippen LogP contribution in [0.15, 0.2) is 42.5 Å². The van der Waals surface area contributed by atoms with Crippen LogP contribution >= 0.6 is 11.3 Å². The molecule has 1 saturated carbocycles. The van der Waals surface area contributed by atoms with E-state index >= 15 is 0 Å². The predicted molar refractivity (Wildman–Crippen MR) is 97.5 cm³/mol. The largest absolute Gasteiger partial charge is 0.431 e. The number of benzene rings is 2. The van der Waals surface area contributed by atoms with Gasteiger partial charge in [-0.05, 0) is 41.8 Å². The molecule has 0 aliphatic heterocycles. The Labute approximate surface area is 149 Å². The molecule has 2 aromatic carbocycles. The van der Waals surface area contributed by atoms with Crippen molar-refractivity contribution in [2.75, 3.05) is 0 Å². The Balaban J connectivity index is 1.69. The normalized spacial score (nSPS) is 15.2. The number of nitrogens with zero attached hydrogens (tertiary/aromatic N) is 1. The van der Waals surface area contributed by atoms with E-state index in [1.54, 1.807) is 0 Å². The Kier molecular flexibility index (Phi) is 4.09. The summed E-state index contributed by atoms with van der Waals surface area (Å²) in [5, 5.41) is 0.556. The first-order chi connectivity index (χ1) is 12.2. The summed E-state index contributed by atoms with van der Waals surface area (Å²) in [5.41, 5.74) is 2.70. The van der Waals surface area contributed by atoms with Crippen LogP contribution in [-0.2, 0) is 16.0 Å². The Bertz CT molecular complexity index is 927. The third kappa shape index (κ3) is 2.96. The average Bonchev–Trinajstić information content (AvgIpc) is 3.17. The predicted octanol–water partition coefficient (Wildman–Crippen LogP) is 4.67. The van der Waals surface area contributed by atoms with E-state index in [1.165, 1.54) is 11.3 Å². The van der Waals surface area contributed by atoms with Crippen LogP contribution in [0.2, 0.25) is 0 Å². The molecular weight excluding hydrogens is 334 g/mol. The van der Waals surface area contributed by atoms with Crippen molar-refractivity contribution in [3.05, 3.63) is 53.6 Å². The lowest BCUT2D eigenvalue weighted by Crippen LogP contribution is -2.14. The second-order valence-corrected chi connectivity index (χ2v) is 7.12. The molecule has 1 fully saturated rings. The van der Waals surface area contributed by atoms with Crippen LogP contribution < -0.4 is 4.74 Å². The van der Waals surface area contributed by atoms with Crippen molar-refractivity contribution >= 4 is 33.1 Å². The van der Waals surface area contributed by atoms with E-state index in [4.69, 9.17) is 4.74 Å². The highest BCUT2D eigenvalue weighted by Gasteiger charge is 2.35. The van der Waals surface area contributed by atoms with Gasteiger partial charge >= 0.3 is 0 Å². The summed E-state index contributed by atoms with van der Waals surface area (Å²) in [6, 6.07) is 13.5. The van der Waals surface area contributed by atoms with Crippen LogP contribution in [0, 0.1) is 0 Å². The number of carbonyl (C=O) groups is 2. The minimum absolute atomic E-state index is 0.0110. The number of para-hydroxylation sites is 1. The molecule has 25 heavy (non-hydrogen) atoms. The van der Waals surface area contributed by atoms with Crippen LogP contribution in [0.4, 0.5) is 0 Å². The van der Waals surface area contributed by atoms with Crippen molar-refractivity contribution in [2.24, 2.45) is 0 Å². The van der Waals surface area contributed by atoms with Crippen LogP contribution in [0.25, 0.3) is 10.2 Å². The number of hydrogen-bond acceptors (Lipinski definition) is 5. The fraction of sp³-hybridized carbons (Fsp3) is 0.250. The fourth-order valence-corrected chi connectivity index (χ4v) is 4.12. The SMILES string of the molecule is CCc1ccc(Oc2nc3ccccc3s2)cc1C1C(=O)CCC1=O. The molecular formula is C20H17NO3S. The average molecular weight is 351 g/mol. The lowest BCUT2D eigenvalue weighted by molar-refractivity contribution is -0.123.